The number of fused-ring (bicyclic) bond motifs is 3. The van der Waals surface area contributed by atoms with Crippen LogP contribution in [0, 0.1) is 0 Å². The predicted octanol–water partition coefficient (Wildman–Crippen LogP) is 1.64. The van der Waals surface area contributed by atoms with E-state index in [1.807, 2.05) is 16.8 Å². The second kappa shape index (κ2) is 4.83. The Morgan fingerprint density at radius 2 is 2.15 bits per heavy atom. The maximum Gasteiger partial charge on any atom is 0.0994 e. The quantitative estimate of drug-likeness (QED) is 0.862. The minimum Gasteiger partial charge on any atom is -0.397 e. The maximum atomic E-state index is 6.11. The number of para-hydroxylation sites is 1. The zero-order valence-corrected chi connectivity index (χ0v) is 12.3. The molecule has 0 saturated heterocycles. The smallest absolute Gasteiger partial charge is 0.0994 e. The highest BCUT2D eigenvalue weighted by molar-refractivity contribution is 5.88. The molecule has 2 heterocycles. The molecule has 2 N–H and O–H groups in total. The highest BCUT2D eigenvalue weighted by Gasteiger charge is 2.24. The fourth-order valence-electron chi connectivity index (χ4n) is 2.74. The lowest BCUT2D eigenvalue weighted by atomic mass is 10.00. The first-order valence-corrected chi connectivity index (χ1v) is 6.87. The third-order valence-electron chi connectivity index (χ3n) is 3.73. The molecule has 0 atom stereocenters. The largest absolute Gasteiger partial charge is 0.397 e. The van der Waals surface area contributed by atoms with Gasteiger partial charge in [-0.2, -0.15) is 5.10 Å². The zero-order chi connectivity index (χ0) is 14.3. The predicted molar refractivity (Wildman–Crippen MR) is 82.7 cm³/mol. The highest BCUT2D eigenvalue weighted by atomic mass is 15.3. The van der Waals surface area contributed by atoms with Crippen molar-refractivity contribution < 1.29 is 0 Å². The molecule has 0 amide bonds. The lowest BCUT2D eigenvalue weighted by Crippen LogP contribution is -2.22. The minimum absolute atomic E-state index is 0.818. The molecule has 106 valence electrons. The van der Waals surface area contributed by atoms with Crippen LogP contribution in [0.4, 0.5) is 11.4 Å². The van der Waals surface area contributed by atoms with E-state index in [0.29, 0.717) is 0 Å². The van der Waals surface area contributed by atoms with Gasteiger partial charge < -0.3 is 15.5 Å². The van der Waals surface area contributed by atoms with E-state index < -0.39 is 0 Å². The Balaban J connectivity index is 2.00. The summed E-state index contributed by atoms with van der Waals surface area (Å²) in [6.07, 6.45) is 2.15. The summed E-state index contributed by atoms with van der Waals surface area (Å²) in [6, 6.07) is 6.04. The first kappa shape index (κ1) is 13.0. The van der Waals surface area contributed by atoms with Crippen LogP contribution in [-0.2, 0) is 13.1 Å². The molecule has 1 aliphatic heterocycles. The van der Waals surface area contributed by atoms with Crippen molar-refractivity contribution in [3.8, 4) is 11.3 Å². The van der Waals surface area contributed by atoms with Gasteiger partial charge in [-0.3, -0.25) is 4.68 Å². The summed E-state index contributed by atoms with van der Waals surface area (Å²) in [5.41, 5.74) is 11.5. The van der Waals surface area contributed by atoms with E-state index in [0.717, 1.165) is 42.3 Å². The Kier molecular flexibility index (Phi) is 3.14. The molecule has 5 heteroatoms. The number of aromatic nitrogens is 2. The Labute approximate surface area is 119 Å². The van der Waals surface area contributed by atoms with Gasteiger partial charge in [0.2, 0.25) is 0 Å². The van der Waals surface area contributed by atoms with Gasteiger partial charge >= 0.3 is 0 Å². The molecule has 1 aromatic carbocycles. The van der Waals surface area contributed by atoms with Gasteiger partial charge in [0.25, 0.3) is 0 Å². The summed E-state index contributed by atoms with van der Waals surface area (Å²) in [6.45, 7) is 2.75. The molecular formula is C15H21N5. The second-order valence-corrected chi connectivity index (χ2v) is 5.67. The summed E-state index contributed by atoms with van der Waals surface area (Å²) < 4.78 is 2.04. The number of nitrogen functional groups attached to an aromatic ring is 1. The van der Waals surface area contributed by atoms with Gasteiger partial charge in [-0.25, -0.2) is 0 Å². The van der Waals surface area contributed by atoms with Crippen LogP contribution in [0.15, 0.2) is 24.4 Å². The Bertz CT molecular complexity index is 629. The Morgan fingerprint density at radius 1 is 1.35 bits per heavy atom. The molecule has 3 rings (SSSR count). The van der Waals surface area contributed by atoms with E-state index >= 15 is 0 Å². The minimum atomic E-state index is 0.818. The molecular weight excluding hydrogens is 250 g/mol. The molecule has 5 nitrogen and oxygen atoms in total. The van der Waals surface area contributed by atoms with Crippen molar-refractivity contribution in [2.24, 2.45) is 0 Å². The van der Waals surface area contributed by atoms with E-state index in [2.05, 4.69) is 43.2 Å². The summed E-state index contributed by atoms with van der Waals surface area (Å²) in [5, 5.41) is 4.75. The average Bonchev–Trinajstić information content (AvgIpc) is 2.79. The first-order chi connectivity index (χ1) is 9.56. The van der Waals surface area contributed by atoms with Gasteiger partial charge in [0.1, 0.15) is 0 Å². The van der Waals surface area contributed by atoms with E-state index in [-0.39, 0.29) is 0 Å². The number of nitrogens with two attached hydrogens (primary N) is 1. The molecule has 1 aromatic heterocycles. The van der Waals surface area contributed by atoms with Crippen molar-refractivity contribution in [1.29, 1.82) is 0 Å². The Hall–Kier alpha value is -2.01. The van der Waals surface area contributed by atoms with Crippen molar-refractivity contribution in [1.82, 2.24) is 14.7 Å². The van der Waals surface area contributed by atoms with E-state index in [1.165, 1.54) is 5.56 Å². The zero-order valence-electron chi connectivity index (χ0n) is 12.3. The number of hydrogen-bond donors (Lipinski definition) is 1. The topological polar surface area (TPSA) is 50.3 Å². The van der Waals surface area contributed by atoms with Crippen LogP contribution in [0.5, 0.6) is 0 Å². The van der Waals surface area contributed by atoms with Crippen molar-refractivity contribution >= 4 is 11.4 Å². The van der Waals surface area contributed by atoms with Crippen LogP contribution in [0.25, 0.3) is 11.3 Å². The molecule has 1 aliphatic rings. The van der Waals surface area contributed by atoms with Crippen LogP contribution in [0.1, 0.15) is 5.56 Å². The summed E-state index contributed by atoms with van der Waals surface area (Å²) in [5.74, 6) is 0. The molecule has 0 saturated carbocycles. The van der Waals surface area contributed by atoms with Crippen molar-refractivity contribution in [2.75, 3.05) is 38.3 Å². The number of rotatable bonds is 3. The lowest BCUT2D eigenvalue weighted by molar-refractivity contribution is 0.373. The third-order valence-corrected chi connectivity index (χ3v) is 3.73. The monoisotopic (exact) mass is 271 g/mol. The van der Waals surface area contributed by atoms with Crippen molar-refractivity contribution in [2.45, 2.75) is 13.1 Å². The highest BCUT2D eigenvalue weighted by Crippen LogP contribution is 2.40. The average molecular weight is 271 g/mol. The van der Waals surface area contributed by atoms with E-state index in [1.54, 1.807) is 0 Å². The fourth-order valence-corrected chi connectivity index (χ4v) is 2.74. The van der Waals surface area contributed by atoms with E-state index in [4.69, 9.17) is 10.8 Å². The van der Waals surface area contributed by atoms with Crippen LogP contribution < -0.4 is 10.6 Å². The van der Waals surface area contributed by atoms with Crippen LogP contribution >= 0.6 is 0 Å². The summed E-state index contributed by atoms with van der Waals surface area (Å²) in [4.78, 5) is 4.36. The molecule has 2 aromatic rings. The molecule has 0 radical (unpaired) electrons. The van der Waals surface area contributed by atoms with Gasteiger partial charge in [0.15, 0.2) is 0 Å². The second-order valence-electron chi connectivity index (χ2n) is 5.67. The Morgan fingerprint density at radius 3 is 2.90 bits per heavy atom. The number of benzene rings is 1. The van der Waals surface area contributed by atoms with Crippen LogP contribution in [0.3, 0.4) is 0 Å². The van der Waals surface area contributed by atoms with Crippen molar-refractivity contribution in [3.05, 3.63) is 30.0 Å². The molecule has 0 fully saturated rings. The molecule has 0 spiro atoms. The van der Waals surface area contributed by atoms with Gasteiger partial charge in [-0.1, -0.05) is 12.1 Å². The maximum absolute atomic E-state index is 6.11. The lowest BCUT2D eigenvalue weighted by Gasteiger charge is -2.27. The van der Waals surface area contributed by atoms with Gasteiger partial charge in [0, 0.05) is 37.5 Å². The number of anilines is 2. The molecule has 0 bridgehead atoms. The van der Waals surface area contributed by atoms with Gasteiger partial charge in [0.05, 0.1) is 23.6 Å². The van der Waals surface area contributed by atoms with Crippen molar-refractivity contribution in [3.63, 3.8) is 0 Å². The number of likely N-dealkylation sites (N-methyl/N-ethyl adjacent to an activating group) is 1. The fraction of sp³-hybridized carbons (Fsp3) is 0.400. The first-order valence-electron chi connectivity index (χ1n) is 6.87. The molecule has 0 aliphatic carbocycles. The third kappa shape index (κ3) is 2.14. The van der Waals surface area contributed by atoms with Gasteiger partial charge in [-0.05, 0) is 20.2 Å². The SMILES string of the molecule is CN(C)CCn1cc2c(n1)-c1cccc(N)c1N(C)C2. The standard InChI is InChI=1S/C15H21N5/c1-18(2)7-8-20-10-11-9-19(3)15-12(14(11)17-20)5-4-6-13(15)16/h4-6,10H,7-9,16H2,1-3H3. The normalized spacial score (nSPS) is 13.5. The summed E-state index contributed by atoms with van der Waals surface area (Å²) >= 11 is 0. The number of nitrogens with zero attached hydrogens (tertiary/aromatic N) is 4. The van der Waals surface area contributed by atoms with E-state index in [9.17, 15) is 0 Å². The summed E-state index contributed by atoms with van der Waals surface area (Å²) in [7, 11) is 6.23. The molecule has 0 unspecified atom stereocenters. The molecule has 20 heavy (non-hydrogen) atoms. The van der Waals surface area contributed by atoms with Crippen LogP contribution in [-0.4, -0.2) is 42.4 Å². The number of hydrogen-bond acceptors (Lipinski definition) is 4. The van der Waals surface area contributed by atoms with Gasteiger partial charge in [-0.15, -0.1) is 0 Å². The van der Waals surface area contributed by atoms with Crippen LogP contribution in [0.2, 0.25) is 0 Å².